The summed E-state index contributed by atoms with van der Waals surface area (Å²) < 4.78 is 0. The molecule has 144 valence electrons. The fourth-order valence-corrected chi connectivity index (χ4v) is 5.13. The first-order chi connectivity index (χ1) is 14.8. The maximum Gasteiger partial charge on any atom is 0.195 e. The summed E-state index contributed by atoms with van der Waals surface area (Å²) in [5, 5.41) is 4.41. The standard InChI is InChI=1S/C29H22O/c30-29(27-23-13-5-1-9-19(23)17-20-10-2-6-14-24(20)27)28-25-15-7-3-11-21(25)18-22-12-4-8-16-26(22)28/h1,3,5-9,11,13-18H,2,4,10,12H2. The van der Waals surface area contributed by atoms with Crippen LogP contribution in [0.3, 0.4) is 0 Å². The van der Waals surface area contributed by atoms with Gasteiger partial charge in [-0.25, -0.2) is 0 Å². The normalized spacial score (nSPS) is 14.7. The number of carbonyl (C=O) groups is 1. The van der Waals surface area contributed by atoms with Crippen LogP contribution in [0, 0.1) is 0 Å². The molecule has 1 heteroatoms. The minimum Gasteiger partial charge on any atom is -0.289 e. The third-order valence-electron chi connectivity index (χ3n) is 6.53. The van der Waals surface area contributed by atoms with Crippen LogP contribution >= 0.6 is 0 Å². The smallest absolute Gasteiger partial charge is 0.195 e. The summed E-state index contributed by atoms with van der Waals surface area (Å²) in [5.41, 5.74) is 6.49. The van der Waals surface area contributed by atoms with Crippen LogP contribution in [0.15, 0.2) is 72.8 Å². The van der Waals surface area contributed by atoms with Gasteiger partial charge in [0.15, 0.2) is 5.78 Å². The molecule has 0 unspecified atom stereocenters. The average Bonchev–Trinajstić information content (AvgIpc) is 2.80. The topological polar surface area (TPSA) is 17.1 Å². The van der Waals surface area contributed by atoms with Crippen LogP contribution in [-0.4, -0.2) is 5.78 Å². The van der Waals surface area contributed by atoms with Crippen LogP contribution in [0.2, 0.25) is 0 Å². The molecular formula is C29H22O. The van der Waals surface area contributed by atoms with Gasteiger partial charge in [0.2, 0.25) is 0 Å². The molecule has 1 nitrogen and oxygen atoms in total. The van der Waals surface area contributed by atoms with Crippen molar-refractivity contribution in [2.45, 2.75) is 25.7 Å². The first-order valence-corrected chi connectivity index (χ1v) is 10.8. The highest BCUT2D eigenvalue weighted by atomic mass is 16.1. The molecule has 0 saturated carbocycles. The van der Waals surface area contributed by atoms with Crippen molar-refractivity contribution in [3.63, 3.8) is 0 Å². The van der Waals surface area contributed by atoms with Gasteiger partial charge >= 0.3 is 0 Å². The molecule has 0 heterocycles. The lowest BCUT2D eigenvalue weighted by atomic mass is 9.81. The summed E-state index contributed by atoms with van der Waals surface area (Å²) >= 11 is 0. The monoisotopic (exact) mass is 386 g/mol. The molecular weight excluding hydrogens is 364 g/mol. The van der Waals surface area contributed by atoms with Crippen LogP contribution in [-0.2, 0) is 12.8 Å². The van der Waals surface area contributed by atoms with E-state index < -0.39 is 0 Å². The van der Waals surface area contributed by atoms with E-state index in [9.17, 15) is 4.79 Å². The van der Waals surface area contributed by atoms with Crippen molar-refractivity contribution < 1.29 is 4.79 Å². The molecule has 0 amide bonds. The predicted molar refractivity (Wildman–Crippen MR) is 126 cm³/mol. The third-order valence-corrected chi connectivity index (χ3v) is 6.53. The number of benzene rings is 4. The van der Waals surface area contributed by atoms with E-state index in [1.165, 1.54) is 11.1 Å². The number of hydrogen-bond donors (Lipinski definition) is 0. The van der Waals surface area contributed by atoms with Gasteiger partial charge in [0, 0.05) is 11.1 Å². The number of ketones is 1. The molecule has 0 fully saturated rings. The largest absolute Gasteiger partial charge is 0.289 e. The Morgan fingerprint density at radius 1 is 0.633 bits per heavy atom. The van der Waals surface area contributed by atoms with Crippen molar-refractivity contribution in [2.24, 2.45) is 0 Å². The number of allylic oxidation sites excluding steroid dienone is 2. The average molecular weight is 386 g/mol. The Kier molecular flexibility index (Phi) is 3.95. The zero-order valence-electron chi connectivity index (χ0n) is 16.8. The second kappa shape index (κ2) is 6.81. The highest BCUT2D eigenvalue weighted by Gasteiger charge is 2.25. The van der Waals surface area contributed by atoms with Crippen molar-refractivity contribution in [1.29, 1.82) is 0 Å². The van der Waals surface area contributed by atoms with Crippen LogP contribution in [0.4, 0.5) is 0 Å². The number of aryl methyl sites for hydroxylation is 2. The second-order valence-corrected chi connectivity index (χ2v) is 8.30. The molecule has 0 aromatic heterocycles. The van der Waals surface area contributed by atoms with E-state index >= 15 is 0 Å². The molecule has 2 aliphatic carbocycles. The highest BCUT2D eigenvalue weighted by molar-refractivity contribution is 6.25. The number of carbonyl (C=O) groups excluding carboxylic acids is 1. The van der Waals surface area contributed by atoms with Crippen LogP contribution in [0.1, 0.15) is 51.0 Å². The minimum absolute atomic E-state index is 0.147. The zero-order valence-corrected chi connectivity index (χ0v) is 16.8. The lowest BCUT2D eigenvalue weighted by Gasteiger charge is -2.21. The summed E-state index contributed by atoms with van der Waals surface area (Å²) in [4.78, 5) is 14.4. The maximum atomic E-state index is 14.4. The van der Waals surface area contributed by atoms with E-state index in [1.807, 2.05) is 12.1 Å². The van der Waals surface area contributed by atoms with Gasteiger partial charge in [0.1, 0.15) is 0 Å². The van der Waals surface area contributed by atoms with Crippen molar-refractivity contribution in [3.8, 4) is 0 Å². The van der Waals surface area contributed by atoms with E-state index in [1.54, 1.807) is 0 Å². The highest BCUT2D eigenvalue weighted by Crippen LogP contribution is 2.37. The number of fused-ring (bicyclic) bond motifs is 4. The Morgan fingerprint density at radius 3 is 1.60 bits per heavy atom. The first-order valence-electron chi connectivity index (χ1n) is 10.8. The van der Waals surface area contributed by atoms with Gasteiger partial charge in [-0.15, -0.1) is 0 Å². The Hall–Kier alpha value is -3.45. The fraction of sp³-hybridized carbons (Fsp3) is 0.138. The van der Waals surface area contributed by atoms with Gasteiger partial charge in [-0.1, -0.05) is 85.0 Å². The Labute approximate surface area is 176 Å². The Bertz CT molecular complexity index is 1290. The zero-order chi connectivity index (χ0) is 20.1. The van der Waals surface area contributed by atoms with Crippen molar-refractivity contribution in [1.82, 2.24) is 0 Å². The number of rotatable bonds is 2. The fourth-order valence-electron chi connectivity index (χ4n) is 5.13. The van der Waals surface area contributed by atoms with Crippen LogP contribution in [0.5, 0.6) is 0 Å². The lowest BCUT2D eigenvalue weighted by Crippen LogP contribution is -2.12. The van der Waals surface area contributed by atoms with Gasteiger partial charge in [0.25, 0.3) is 0 Å². The van der Waals surface area contributed by atoms with Crippen LogP contribution in [0.25, 0.3) is 33.7 Å². The molecule has 6 rings (SSSR count). The van der Waals surface area contributed by atoms with Crippen molar-refractivity contribution >= 4 is 39.5 Å². The van der Waals surface area contributed by atoms with E-state index in [2.05, 4.69) is 72.8 Å². The van der Waals surface area contributed by atoms with E-state index in [4.69, 9.17) is 0 Å². The third kappa shape index (κ3) is 2.59. The quantitative estimate of drug-likeness (QED) is 0.335. The summed E-state index contributed by atoms with van der Waals surface area (Å²) in [5.74, 6) is 0.147. The summed E-state index contributed by atoms with van der Waals surface area (Å²) in [7, 11) is 0. The van der Waals surface area contributed by atoms with Gasteiger partial charge in [0.05, 0.1) is 0 Å². The molecule has 0 N–H and O–H groups in total. The molecule has 0 radical (unpaired) electrons. The SMILES string of the molecule is O=C(c1c2c(cc3ccccc13)CCC=C2)c1c2c(cc3ccccc13)CCC=C2. The molecule has 0 aliphatic heterocycles. The van der Waals surface area contributed by atoms with Crippen molar-refractivity contribution in [2.75, 3.05) is 0 Å². The van der Waals surface area contributed by atoms with E-state index in [0.29, 0.717) is 0 Å². The predicted octanol–water partition coefficient (Wildman–Crippen LogP) is 7.14. The van der Waals surface area contributed by atoms with Gasteiger partial charge in [-0.05, 0) is 69.5 Å². The first kappa shape index (κ1) is 17.4. The number of hydrogen-bond acceptors (Lipinski definition) is 1. The van der Waals surface area contributed by atoms with Gasteiger partial charge in [-0.3, -0.25) is 4.79 Å². The molecule has 4 aromatic carbocycles. The molecule has 0 bridgehead atoms. The minimum atomic E-state index is 0.147. The maximum absolute atomic E-state index is 14.4. The molecule has 4 aromatic rings. The van der Waals surface area contributed by atoms with E-state index in [-0.39, 0.29) is 5.78 Å². The molecule has 2 aliphatic rings. The Balaban J connectivity index is 1.72. The lowest BCUT2D eigenvalue weighted by molar-refractivity contribution is 0.104. The molecule has 0 saturated heterocycles. The Morgan fingerprint density at radius 2 is 1.10 bits per heavy atom. The van der Waals surface area contributed by atoms with Crippen molar-refractivity contribution in [3.05, 3.63) is 106 Å². The molecule has 30 heavy (non-hydrogen) atoms. The van der Waals surface area contributed by atoms with Crippen LogP contribution < -0.4 is 0 Å². The summed E-state index contributed by atoms with van der Waals surface area (Å²) in [6.45, 7) is 0. The second-order valence-electron chi connectivity index (χ2n) is 8.30. The van der Waals surface area contributed by atoms with Gasteiger partial charge in [-0.2, -0.15) is 0 Å². The van der Waals surface area contributed by atoms with Gasteiger partial charge < -0.3 is 0 Å². The van der Waals surface area contributed by atoms with E-state index in [0.717, 1.165) is 69.5 Å². The summed E-state index contributed by atoms with van der Waals surface area (Å²) in [6, 6.07) is 21.2. The molecule has 0 atom stereocenters. The molecule has 0 spiro atoms. The summed E-state index contributed by atoms with van der Waals surface area (Å²) in [6.07, 6.45) is 12.8.